The van der Waals surface area contributed by atoms with Crippen LogP contribution in [-0.4, -0.2) is 9.13 Å². The first-order valence-corrected chi connectivity index (χ1v) is 12.4. The summed E-state index contributed by atoms with van der Waals surface area (Å²) in [7, 11) is 0. The van der Waals surface area contributed by atoms with E-state index in [1.807, 2.05) is 0 Å². The van der Waals surface area contributed by atoms with Gasteiger partial charge in [0.05, 0.1) is 22.1 Å². The molecule has 0 N–H and O–H groups in total. The lowest BCUT2D eigenvalue weighted by Gasteiger charge is -2.10. The summed E-state index contributed by atoms with van der Waals surface area (Å²) < 4.78 is 4.86. The molecular formula is C34H22N2. The maximum absolute atomic E-state index is 2.46. The number of hydrogen-bond donors (Lipinski definition) is 0. The minimum absolute atomic E-state index is 1.18. The van der Waals surface area contributed by atoms with E-state index in [-0.39, 0.29) is 0 Å². The third kappa shape index (κ3) is 2.61. The number of aromatic nitrogens is 2. The molecule has 8 rings (SSSR count). The smallest absolute Gasteiger partial charge is 0.0641 e. The van der Waals surface area contributed by atoms with E-state index in [0.29, 0.717) is 0 Å². The molecule has 2 heterocycles. The van der Waals surface area contributed by atoms with Crippen LogP contribution in [0.1, 0.15) is 0 Å². The van der Waals surface area contributed by atoms with Gasteiger partial charge in [0.1, 0.15) is 0 Å². The largest absolute Gasteiger partial charge is 0.309 e. The molecule has 0 fully saturated rings. The lowest BCUT2D eigenvalue weighted by molar-refractivity contribution is 1.17. The second-order valence-electron chi connectivity index (χ2n) is 9.43. The number of nitrogens with zero attached hydrogens (tertiary/aromatic N) is 2. The Balaban J connectivity index is 1.66. The van der Waals surface area contributed by atoms with E-state index in [0.717, 1.165) is 0 Å². The normalized spacial score (nSPS) is 11.9. The summed E-state index contributed by atoms with van der Waals surface area (Å²) in [4.78, 5) is 0. The van der Waals surface area contributed by atoms with Gasteiger partial charge < -0.3 is 9.13 Å². The van der Waals surface area contributed by atoms with E-state index in [2.05, 4.69) is 143 Å². The SMILES string of the molecule is c1ccc(-n2c3ccccc3c3c2ccc2c4cc5ccccc5cc4n(-c4ccccc4)c23)cc1. The molecule has 2 aromatic heterocycles. The van der Waals surface area contributed by atoms with Crippen molar-refractivity contribution in [3.63, 3.8) is 0 Å². The van der Waals surface area contributed by atoms with Gasteiger partial charge in [0.15, 0.2) is 0 Å². The predicted octanol–water partition coefficient (Wildman–Crippen LogP) is 9.03. The molecule has 0 amide bonds. The minimum Gasteiger partial charge on any atom is -0.309 e. The Bertz CT molecular complexity index is 2080. The first-order chi connectivity index (χ1) is 17.9. The van der Waals surface area contributed by atoms with Crippen LogP contribution >= 0.6 is 0 Å². The van der Waals surface area contributed by atoms with Crippen LogP contribution in [-0.2, 0) is 0 Å². The number of rotatable bonds is 2. The van der Waals surface area contributed by atoms with Gasteiger partial charge in [0.25, 0.3) is 0 Å². The topological polar surface area (TPSA) is 9.86 Å². The monoisotopic (exact) mass is 458 g/mol. The van der Waals surface area contributed by atoms with Gasteiger partial charge in [-0.05, 0) is 59.3 Å². The fourth-order valence-corrected chi connectivity index (χ4v) is 5.94. The fraction of sp³-hybridized carbons (Fsp3) is 0. The molecule has 0 aliphatic heterocycles. The van der Waals surface area contributed by atoms with Gasteiger partial charge in [-0.2, -0.15) is 0 Å². The van der Waals surface area contributed by atoms with Gasteiger partial charge in [-0.15, -0.1) is 0 Å². The molecule has 0 unspecified atom stereocenters. The number of hydrogen-bond acceptors (Lipinski definition) is 0. The van der Waals surface area contributed by atoms with Crippen LogP contribution in [0.4, 0.5) is 0 Å². The van der Waals surface area contributed by atoms with E-state index in [4.69, 9.17) is 0 Å². The van der Waals surface area contributed by atoms with Gasteiger partial charge in [-0.3, -0.25) is 0 Å². The summed E-state index contributed by atoms with van der Waals surface area (Å²) in [5.74, 6) is 0. The average Bonchev–Trinajstić information content (AvgIpc) is 3.45. The van der Waals surface area contributed by atoms with Crippen molar-refractivity contribution in [2.75, 3.05) is 0 Å². The molecule has 36 heavy (non-hydrogen) atoms. The lowest BCUT2D eigenvalue weighted by atomic mass is 10.0. The molecular weight excluding hydrogens is 436 g/mol. The number of benzene rings is 6. The van der Waals surface area contributed by atoms with Crippen molar-refractivity contribution in [2.45, 2.75) is 0 Å². The quantitative estimate of drug-likeness (QED) is 0.244. The van der Waals surface area contributed by atoms with E-state index >= 15 is 0 Å². The molecule has 2 heteroatoms. The summed E-state index contributed by atoms with van der Waals surface area (Å²) in [6.45, 7) is 0. The molecule has 2 nitrogen and oxygen atoms in total. The highest BCUT2D eigenvalue weighted by Gasteiger charge is 2.20. The Hall–Kier alpha value is -4.82. The minimum atomic E-state index is 1.18. The van der Waals surface area contributed by atoms with E-state index in [1.54, 1.807) is 0 Å². The highest BCUT2D eigenvalue weighted by atomic mass is 15.0. The zero-order valence-corrected chi connectivity index (χ0v) is 19.6. The Morgan fingerprint density at radius 1 is 0.361 bits per heavy atom. The summed E-state index contributed by atoms with van der Waals surface area (Å²) >= 11 is 0. The van der Waals surface area contributed by atoms with Crippen molar-refractivity contribution in [1.29, 1.82) is 0 Å². The zero-order chi connectivity index (χ0) is 23.6. The van der Waals surface area contributed by atoms with Crippen LogP contribution in [0.5, 0.6) is 0 Å². The Labute approximate surface area is 208 Å². The Kier molecular flexibility index (Phi) is 3.97. The van der Waals surface area contributed by atoms with Crippen molar-refractivity contribution >= 4 is 54.4 Å². The van der Waals surface area contributed by atoms with Gasteiger partial charge in [0, 0.05) is 32.9 Å². The standard InChI is InChI=1S/C34H22N2/c1-3-13-25(14-4-1)35-30-18-10-9-17-28(30)33-31(35)20-19-27-29-21-23-11-7-8-12-24(23)22-32(29)36(34(27)33)26-15-5-2-6-16-26/h1-22H. The Morgan fingerprint density at radius 3 is 1.72 bits per heavy atom. The highest BCUT2D eigenvalue weighted by molar-refractivity contribution is 6.27. The summed E-state index contributed by atoms with van der Waals surface area (Å²) in [5.41, 5.74) is 7.29. The summed E-state index contributed by atoms with van der Waals surface area (Å²) in [5, 5.41) is 7.65. The molecule has 0 bridgehead atoms. The van der Waals surface area contributed by atoms with Crippen molar-refractivity contribution in [3.05, 3.63) is 133 Å². The average molecular weight is 459 g/mol. The van der Waals surface area contributed by atoms with E-state index in [9.17, 15) is 0 Å². The summed E-state index contributed by atoms with van der Waals surface area (Å²) in [6.07, 6.45) is 0. The lowest BCUT2D eigenvalue weighted by Crippen LogP contribution is -1.95. The molecule has 0 atom stereocenters. The molecule has 0 saturated heterocycles. The van der Waals surface area contributed by atoms with Gasteiger partial charge in [-0.1, -0.05) is 84.9 Å². The molecule has 0 aliphatic carbocycles. The van der Waals surface area contributed by atoms with Crippen LogP contribution in [0.3, 0.4) is 0 Å². The van der Waals surface area contributed by atoms with Crippen LogP contribution in [0.2, 0.25) is 0 Å². The predicted molar refractivity (Wildman–Crippen MR) is 153 cm³/mol. The first-order valence-electron chi connectivity index (χ1n) is 12.4. The van der Waals surface area contributed by atoms with Crippen molar-refractivity contribution in [1.82, 2.24) is 9.13 Å². The number of para-hydroxylation sites is 3. The molecule has 6 aromatic carbocycles. The zero-order valence-electron chi connectivity index (χ0n) is 19.6. The molecule has 0 spiro atoms. The van der Waals surface area contributed by atoms with Gasteiger partial charge in [-0.25, -0.2) is 0 Å². The van der Waals surface area contributed by atoms with Crippen LogP contribution in [0.25, 0.3) is 65.8 Å². The maximum atomic E-state index is 2.46. The second kappa shape index (κ2) is 7.34. The number of fused-ring (bicyclic) bond motifs is 8. The van der Waals surface area contributed by atoms with Crippen LogP contribution < -0.4 is 0 Å². The molecule has 0 aliphatic rings. The van der Waals surface area contributed by atoms with Crippen molar-refractivity contribution in [3.8, 4) is 11.4 Å². The fourth-order valence-electron chi connectivity index (χ4n) is 5.94. The maximum Gasteiger partial charge on any atom is 0.0641 e. The Morgan fingerprint density at radius 2 is 0.972 bits per heavy atom. The molecule has 8 aromatic rings. The van der Waals surface area contributed by atoms with E-state index in [1.165, 1.54) is 65.8 Å². The van der Waals surface area contributed by atoms with Crippen molar-refractivity contribution in [2.24, 2.45) is 0 Å². The molecule has 168 valence electrons. The first kappa shape index (κ1) is 19.5. The highest BCUT2D eigenvalue weighted by Crippen LogP contribution is 2.42. The third-order valence-corrected chi connectivity index (χ3v) is 7.46. The van der Waals surface area contributed by atoms with Crippen LogP contribution in [0.15, 0.2) is 133 Å². The van der Waals surface area contributed by atoms with Crippen LogP contribution in [0, 0.1) is 0 Å². The second-order valence-corrected chi connectivity index (χ2v) is 9.43. The molecule has 0 radical (unpaired) electrons. The molecule has 0 saturated carbocycles. The van der Waals surface area contributed by atoms with Crippen molar-refractivity contribution < 1.29 is 0 Å². The van der Waals surface area contributed by atoms with Gasteiger partial charge in [0.2, 0.25) is 0 Å². The van der Waals surface area contributed by atoms with E-state index < -0.39 is 0 Å². The third-order valence-electron chi connectivity index (χ3n) is 7.46. The van der Waals surface area contributed by atoms with Gasteiger partial charge >= 0.3 is 0 Å². The summed E-state index contributed by atoms with van der Waals surface area (Å²) in [6, 6.07) is 48.2.